The highest BCUT2D eigenvalue weighted by Crippen LogP contribution is 2.13. The first-order valence-electron chi connectivity index (χ1n) is 7.95. The predicted octanol–water partition coefficient (Wildman–Crippen LogP) is 2.29. The molecule has 0 N–H and O–H groups in total. The average molecular weight is 441 g/mol. The molecular weight excluding hydrogens is 422 g/mol. The first-order valence-corrected chi connectivity index (χ1v) is 8.74. The van der Waals surface area contributed by atoms with Crippen LogP contribution >= 0.6 is 15.9 Å². The van der Waals surface area contributed by atoms with Crippen LogP contribution in [0.3, 0.4) is 0 Å². The van der Waals surface area contributed by atoms with Crippen LogP contribution in [0.25, 0.3) is 0 Å². The van der Waals surface area contributed by atoms with Gasteiger partial charge >= 0.3 is 17.2 Å². The van der Waals surface area contributed by atoms with Gasteiger partial charge in [0, 0.05) is 10.9 Å². The van der Waals surface area contributed by atoms with Gasteiger partial charge in [-0.3, -0.25) is 19.2 Å². The molecule has 0 aliphatic carbocycles. The summed E-state index contributed by atoms with van der Waals surface area (Å²) in [5.74, 6) is -2.18. The monoisotopic (exact) mass is 440 g/mol. The molecule has 0 aliphatic rings. The normalized spacial score (nSPS) is 10.9. The molecule has 0 saturated heterocycles. The van der Waals surface area contributed by atoms with Gasteiger partial charge in [0.2, 0.25) is 0 Å². The fourth-order valence-corrected chi connectivity index (χ4v) is 2.13. The summed E-state index contributed by atoms with van der Waals surface area (Å²) in [6, 6.07) is 6.80. The van der Waals surface area contributed by atoms with Crippen LogP contribution in [-0.2, 0) is 35.2 Å². The summed E-state index contributed by atoms with van der Waals surface area (Å²) in [6.07, 6.45) is -0.361. The highest BCUT2D eigenvalue weighted by molar-refractivity contribution is 9.10. The third kappa shape index (κ3) is 10.8. The molecule has 0 saturated carbocycles. The van der Waals surface area contributed by atoms with E-state index >= 15 is 0 Å². The second-order valence-electron chi connectivity index (χ2n) is 5.67. The molecule has 144 valence electrons. The van der Waals surface area contributed by atoms with Crippen molar-refractivity contribution in [3.05, 3.63) is 34.3 Å². The Bertz CT molecular complexity index is 756. The van der Waals surface area contributed by atoms with E-state index in [0.29, 0.717) is 6.42 Å². The second-order valence-corrected chi connectivity index (χ2v) is 6.59. The Hall–Kier alpha value is -2.71. The molecule has 10 heteroatoms. The molecule has 1 atom stereocenters. The number of carbonyl (C=O) groups excluding carboxylic acids is 4. The van der Waals surface area contributed by atoms with Crippen molar-refractivity contribution in [1.29, 1.82) is 0 Å². The van der Waals surface area contributed by atoms with Gasteiger partial charge in [-0.25, -0.2) is 4.79 Å². The summed E-state index contributed by atoms with van der Waals surface area (Å²) in [5.41, 5.74) is 0.901. The molecule has 0 bridgehead atoms. The third-order valence-corrected chi connectivity index (χ3v) is 3.53. The summed E-state index contributed by atoms with van der Waals surface area (Å²) >= 11 is 3.34. The van der Waals surface area contributed by atoms with Crippen LogP contribution in [0.15, 0.2) is 39.1 Å². The minimum Gasteiger partial charge on any atom is -0.463 e. The molecule has 1 rings (SSSR count). The smallest absolute Gasteiger partial charge is 0.366 e. The Morgan fingerprint density at radius 1 is 1.04 bits per heavy atom. The average Bonchev–Trinajstić information content (AvgIpc) is 2.57. The predicted molar refractivity (Wildman–Crippen MR) is 96.3 cm³/mol. The summed E-state index contributed by atoms with van der Waals surface area (Å²) in [6.45, 7) is 2.41. The van der Waals surface area contributed by atoms with Crippen LogP contribution in [0.4, 0.5) is 0 Å². The second kappa shape index (κ2) is 11.8. The molecule has 1 aromatic rings. The van der Waals surface area contributed by atoms with E-state index < -0.39 is 24.4 Å². The number of hydrogen-bond donors (Lipinski definition) is 0. The maximum absolute atomic E-state index is 11.5. The first-order chi connectivity index (χ1) is 12.8. The maximum Gasteiger partial charge on any atom is 0.366 e. The van der Waals surface area contributed by atoms with Gasteiger partial charge in [-0.1, -0.05) is 28.1 Å². The van der Waals surface area contributed by atoms with E-state index in [1.807, 2.05) is 24.3 Å². The van der Waals surface area contributed by atoms with E-state index in [1.165, 1.54) is 13.8 Å². The van der Waals surface area contributed by atoms with Gasteiger partial charge in [-0.2, -0.15) is 0 Å². The summed E-state index contributed by atoms with van der Waals surface area (Å²) in [4.78, 5) is 52.2. The number of ketones is 2. The van der Waals surface area contributed by atoms with Crippen LogP contribution in [0.2, 0.25) is 0 Å². The van der Waals surface area contributed by atoms with E-state index in [0.717, 1.165) is 10.0 Å². The topological polar surface area (TPSA) is 126 Å². The Morgan fingerprint density at radius 3 is 2.22 bits per heavy atom. The van der Waals surface area contributed by atoms with Gasteiger partial charge in [-0.05, 0) is 31.5 Å². The number of carbonyl (C=O) groups is 4. The molecule has 0 aliphatic heterocycles. The van der Waals surface area contributed by atoms with Gasteiger partial charge in [0.1, 0.15) is 36.1 Å². The van der Waals surface area contributed by atoms with Crippen molar-refractivity contribution in [3.63, 3.8) is 0 Å². The van der Waals surface area contributed by atoms with E-state index in [1.54, 1.807) is 0 Å². The van der Waals surface area contributed by atoms with Crippen LogP contribution in [0, 0.1) is 0 Å². The van der Waals surface area contributed by atoms with Crippen LogP contribution in [0.1, 0.15) is 32.3 Å². The Labute approximate surface area is 163 Å². The highest BCUT2D eigenvalue weighted by Gasteiger charge is 2.18. The molecule has 0 radical (unpaired) electrons. The number of hydrogen-bond acceptors (Lipinski definition) is 8. The van der Waals surface area contributed by atoms with Crippen molar-refractivity contribution >= 4 is 39.4 Å². The number of nitrogens with zero attached hydrogens (tertiary/aromatic N) is 3. The number of Topliss-reactive ketones (excluding diaryl/α,β-unsaturated/α-hetero) is 2. The van der Waals surface area contributed by atoms with Gasteiger partial charge in [0.15, 0.2) is 6.04 Å². The van der Waals surface area contributed by atoms with Gasteiger partial charge < -0.3 is 4.74 Å². The molecule has 0 amide bonds. The number of benzene rings is 1. The summed E-state index contributed by atoms with van der Waals surface area (Å²) in [7, 11) is 0. The first kappa shape index (κ1) is 22.3. The third-order valence-electron chi connectivity index (χ3n) is 3.00. The summed E-state index contributed by atoms with van der Waals surface area (Å²) in [5, 5.41) is 7.02. The molecule has 9 nitrogen and oxygen atoms in total. The lowest BCUT2D eigenvalue weighted by molar-refractivity contribution is -0.147. The van der Waals surface area contributed by atoms with Crippen molar-refractivity contribution in [2.75, 3.05) is 6.61 Å². The minimum absolute atomic E-state index is 0.122. The molecular formula is C17H19BrN3O6+. The van der Waals surface area contributed by atoms with E-state index in [9.17, 15) is 19.2 Å². The van der Waals surface area contributed by atoms with E-state index in [-0.39, 0.29) is 24.6 Å². The zero-order valence-corrected chi connectivity index (χ0v) is 16.5. The molecule has 1 aromatic carbocycles. The molecule has 0 heterocycles. The number of ether oxygens (including phenoxy) is 1. The van der Waals surface area contributed by atoms with Gasteiger partial charge in [0.25, 0.3) is 4.91 Å². The largest absolute Gasteiger partial charge is 0.463 e. The van der Waals surface area contributed by atoms with Crippen molar-refractivity contribution in [3.8, 4) is 0 Å². The van der Waals surface area contributed by atoms with Gasteiger partial charge in [0.05, 0.1) is 0 Å². The molecule has 0 fully saturated rings. The van der Waals surface area contributed by atoms with Crippen LogP contribution < -0.4 is 4.91 Å². The minimum atomic E-state index is -0.848. The zero-order valence-electron chi connectivity index (χ0n) is 14.9. The summed E-state index contributed by atoms with van der Waals surface area (Å²) < 4.78 is 5.93. The quantitative estimate of drug-likeness (QED) is 0.180. The number of esters is 1. The SMILES string of the molecule is CC(=O)CC(=O)OCC(Cc1ccc(Br)cc1)N=[N+]=NOC(=O)CC(C)=O. The van der Waals surface area contributed by atoms with Gasteiger partial charge in [-0.15, -0.1) is 0 Å². The molecule has 27 heavy (non-hydrogen) atoms. The Balaban J connectivity index is 2.73. The van der Waals surface area contributed by atoms with Crippen molar-refractivity contribution in [2.24, 2.45) is 10.4 Å². The lowest BCUT2D eigenvalue weighted by atomic mass is 10.1. The Morgan fingerprint density at radius 2 is 1.63 bits per heavy atom. The lowest BCUT2D eigenvalue weighted by Gasteiger charge is -2.08. The molecule has 1 unspecified atom stereocenters. The van der Waals surface area contributed by atoms with Crippen molar-refractivity contribution < 1.29 is 28.8 Å². The fourth-order valence-electron chi connectivity index (χ4n) is 1.86. The van der Waals surface area contributed by atoms with Crippen molar-refractivity contribution in [1.82, 2.24) is 4.91 Å². The maximum atomic E-state index is 11.5. The van der Waals surface area contributed by atoms with Crippen LogP contribution in [0.5, 0.6) is 0 Å². The Kier molecular flexibility index (Phi) is 9.78. The molecule has 0 spiro atoms. The van der Waals surface area contributed by atoms with E-state index in [2.05, 4.69) is 36.1 Å². The van der Waals surface area contributed by atoms with Crippen LogP contribution in [-0.4, -0.2) is 36.2 Å². The number of halogens is 1. The lowest BCUT2D eigenvalue weighted by Crippen LogP contribution is -2.21. The highest BCUT2D eigenvalue weighted by atomic mass is 79.9. The number of rotatable bonds is 10. The zero-order chi connectivity index (χ0) is 20.2. The van der Waals surface area contributed by atoms with E-state index in [4.69, 9.17) is 4.74 Å². The molecule has 0 aromatic heterocycles. The van der Waals surface area contributed by atoms with Crippen molar-refractivity contribution in [2.45, 2.75) is 39.2 Å². The fraction of sp³-hybridized carbons (Fsp3) is 0.412. The standard InChI is InChI=1S/C17H19BrN3O6/c1-11(22)7-16(24)26-10-15(9-13-3-5-14(18)6-4-13)19-20-21-27-17(25)8-12(2)23/h3-6,15H,7-10H2,1-2H3/q+1.